The van der Waals surface area contributed by atoms with Crippen molar-refractivity contribution < 1.29 is 4.39 Å². The summed E-state index contributed by atoms with van der Waals surface area (Å²) in [6.45, 7) is 1.87. The predicted molar refractivity (Wildman–Crippen MR) is 69.4 cm³/mol. The van der Waals surface area contributed by atoms with Gasteiger partial charge in [0, 0.05) is 25.6 Å². The highest BCUT2D eigenvalue weighted by molar-refractivity contribution is 5.21. The minimum absolute atomic E-state index is 0.147. The van der Waals surface area contributed by atoms with E-state index in [0.29, 0.717) is 13.1 Å². The predicted octanol–water partition coefficient (Wildman–Crippen LogP) is 1.08. The van der Waals surface area contributed by atoms with Gasteiger partial charge in [-0.25, -0.2) is 9.07 Å². The molecule has 3 rings (SSSR count). The van der Waals surface area contributed by atoms with Gasteiger partial charge >= 0.3 is 0 Å². The smallest absolute Gasteiger partial charge is 0.267 e. The van der Waals surface area contributed by atoms with E-state index in [1.807, 2.05) is 0 Å². The molecule has 0 spiro atoms. The third-order valence-electron chi connectivity index (χ3n) is 3.24. The second kappa shape index (κ2) is 4.93. The fraction of sp³-hybridized carbons (Fsp3) is 0.286. The maximum absolute atomic E-state index is 13.1. The Kier molecular flexibility index (Phi) is 3.13. The standard InChI is InChI=1S/C14H14FN3O/c15-12-3-1-2-10(6-12)9-18-14(19)7-11-8-16-5-4-13(11)17-18/h1-3,6-7,16H,4-5,8-9H2. The maximum atomic E-state index is 13.1. The van der Waals surface area contributed by atoms with Crippen molar-refractivity contribution in [1.29, 1.82) is 0 Å². The van der Waals surface area contributed by atoms with Gasteiger partial charge in [-0.05, 0) is 23.3 Å². The lowest BCUT2D eigenvalue weighted by atomic mass is 10.1. The molecule has 5 heteroatoms. The Hall–Kier alpha value is -2.01. The van der Waals surface area contributed by atoms with Gasteiger partial charge in [0.25, 0.3) is 5.56 Å². The Morgan fingerprint density at radius 3 is 3.11 bits per heavy atom. The first-order valence-electron chi connectivity index (χ1n) is 6.27. The number of nitrogens with zero attached hydrogens (tertiary/aromatic N) is 2. The summed E-state index contributed by atoms with van der Waals surface area (Å²) >= 11 is 0. The van der Waals surface area contributed by atoms with E-state index in [-0.39, 0.29) is 11.4 Å². The monoisotopic (exact) mass is 259 g/mol. The summed E-state index contributed by atoms with van der Waals surface area (Å²) in [5, 5.41) is 7.59. The van der Waals surface area contributed by atoms with Crippen LogP contribution >= 0.6 is 0 Å². The van der Waals surface area contributed by atoms with E-state index in [0.717, 1.165) is 29.8 Å². The summed E-state index contributed by atoms with van der Waals surface area (Å²) in [7, 11) is 0. The highest BCUT2D eigenvalue weighted by atomic mass is 19.1. The normalized spacial score (nSPS) is 14.2. The molecule has 4 nitrogen and oxygen atoms in total. The van der Waals surface area contributed by atoms with Gasteiger partial charge in [-0.15, -0.1) is 0 Å². The Morgan fingerprint density at radius 2 is 2.26 bits per heavy atom. The molecule has 98 valence electrons. The molecule has 0 aliphatic carbocycles. The Bertz CT molecular complexity index is 666. The summed E-state index contributed by atoms with van der Waals surface area (Å²) in [5.74, 6) is -0.298. The molecule has 0 fully saturated rings. The van der Waals surface area contributed by atoms with Gasteiger partial charge in [-0.3, -0.25) is 4.79 Å². The van der Waals surface area contributed by atoms with Crippen LogP contribution in [0.4, 0.5) is 4.39 Å². The minimum Gasteiger partial charge on any atom is -0.312 e. The minimum atomic E-state index is -0.298. The topological polar surface area (TPSA) is 46.9 Å². The number of halogens is 1. The molecular weight excluding hydrogens is 245 g/mol. The summed E-state index contributed by atoms with van der Waals surface area (Å²) in [6, 6.07) is 7.86. The summed E-state index contributed by atoms with van der Waals surface area (Å²) in [6.07, 6.45) is 0.818. The average molecular weight is 259 g/mol. The van der Waals surface area contributed by atoms with Crippen LogP contribution in [-0.2, 0) is 19.5 Å². The van der Waals surface area contributed by atoms with Crippen molar-refractivity contribution in [2.75, 3.05) is 6.54 Å². The van der Waals surface area contributed by atoms with Crippen molar-refractivity contribution in [3.05, 3.63) is 63.3 Å². The zero-order valence-corrected chi connectivity index (χ0v) is 10.4. The van der Waals surface area contributed by atoms with Gasteiger partial charge in [-0.1, -0.05) is 12.1 Å². The summed E-state index contributed by atoms with van der Waals surface area (Å²) in [5.41, 5.74) is 2.51. The van der Waals surface area contributed by atoms with Crippen LogP contribution in [0.25, 0.3) is 0 Å². The third kappa shape index (κ3) is 2.56. The fourth-order valence-electron chi connectivity index (χ4n) is 2.28. The van der Waals surface area contributed by atoms with Gasteiger partial charge < -0.3 is 5.32 Å². The number of benzene rings is 1. The Labute approximate surface area is 109 Å². The van der Waals surface area contributed by atoms with E-state index < -0.39 is 0 Å². The van der Waals surface area contributed by atoms with Crippen molar-refractivity contribution in [2.24, 2.45) is 0 Å². The molecule has 19 heavy (non-hydrogen) atoms. The lowest BCUT2D eigenvalue weighted by Gasteiger charge is -2.17. The second-order valence-electron chi connectivity index (χ2n) is 4.67. The van der Waals surface area contributed by atoms with E-state index >= 15 is 0 Å². The van der Waals surface area contributed by atoms with Crippen molar-refractivity contribution in [3.8, 4) is 0 Å². The van der Waals surface area contributed by atoms with E-state index in [2.05, 4.69) is 10.4 Å². The SMILES string of the molecule is O=c1cc2c(nn1Cc1cccc(F)c1)CCNC2. The van der Waals surface area contributed by atoms with Crippen LogP contribution in [-0.4, -0.2) is 16.3 Å². The van der Waals surface area contributed by atoms with Crippen LogP contribution in [0.2, 0.25) is 0 Å². The summed E-state index contributed by atoms with van der Waals surface area (Å²) in [4.78, 5) is 12.0. The number of aromatic nitrogens is 2. The van der Waals surface area contributed by atoms with Crippen LogP contribution in [0.1, 0.15) is 16.8 Å². The van der Waals surface area contributed by atoms with Crippen LogP contribution in [0.3, 0.4) is 0 Å². The number of hydrogen-bond donors (Lipinski definition) is 1. The van der Waals surface area contributed by atoms with Gasteiger partial charge in [0.15, 0.2) is 0 Å². The van der Waals surface area contributed by atoms with E-state index in [1.54, 1.807) is 18.2 Å². The zero-order valence-electron chi connectivity index (χ0n) is 10.4. The molecular formula is C14H14FN3O. The van der Waals surface area contributed by atoms with Crippen molar-refractivity contribution in [3.63, 3.8) is 0 Å². The number of fused-ring (bicyclic) bond motifs is 1. The highest BCUT2D eigenvalue weighted by Crippen LogP contribution is 2.09. The number of nitrogens with one attached hydrogen (secondary N) is 1. The average Bonchev–Trinajstić information content (AvgIpc) is 2.40. The van der Waals surface area contributed by atoms with Crippen LogP contribution in [0, 0.1) is 5.82 Å². The third-order valence-corrected chi connectivity index (χ3v) is 3.24. The zero-order chi connectivity index (χ0) is 13.2. The maximum Gasteiger partial charge on any atom is 0.267 e. The van der Waals surface area contributed by atoms with Crippen molar-refractivity contribution in [1.82, 2.24) is 15.1 Å². The molecule has 0 saturated heterocycles. The van der Waals surface area contributed by atoms with Gasteiger partial charge in [0.2, 0.25) is 0 Å². The molecule has 2 heterocycles. The lowest BCUT2D eigenvalue weighted by molar-refractivity contribution is 0.560. The Morgan fingerprint density at radius 1 is 1.37 bits per heavy atom. The van der Waals surface area contributed by atoms with Crippen LogP contribution in [0.5, 0.6) is 0 Å². The summed E-state index contributed by atoms with van der Waals surface area (Å²) < 4.78 is 14.5. The van der Waals surface area contributed by atoms with E-state index in [4.69, 9.17) is 0 Å². The van der Waals surface area contributed by atoms with Crippen LogP contribution in [0.15, 0.2) is 35.1 Å². The molecule has 0 amide bonds. The molecule has 0 radical (unpaired) electrons. The molecule has 0 unspecified atom stereocenters. The fourth-order valence-corrected chi connectivity index (χ4v) is 2.28. The number of rotatable bonds is 2. The molecule has 1 aliphatic heterocycles. The lowest BCUT2D eigenvalue weighted by Crippen LogP contribution is -2.31. The molecule has 0 atom stereocenters. The first-order valence-corrected chi connectivity index (χ1v) is 6.27. The van der Waals surface area contributed by atoms with Crippen molar-refractivity contribution in [2.45, 2.75) is 19.5 Å². The first kappa shape index (κ1) is 12.0. The highest BCUT2D eigenvalue weighted by Gasteiger charge is 2.12. The van der Waals surface area contributed by atoms with Gasteiger partial charge in [-0.2, -0.15) is 5.10 Å². The van der Waals surface area contributed by atoms with E-state index in [9.17, 15) is 9.18 Å². The second-order valence-corrected chi connectivity index (χ2v) is 4.67. The van der Waals surface area contributed by atoms with Gasteiger partial charge in [0.1, 0.15) is 5.82 Å². The van der Waals surface area contributed by atoms with E-state index in [1.165, 1.54) is 16.8 Å². The molecule has 1 aromatic heterocycles. The molecule has 0 saturated carbocycles. The molecule has 1 aliphatic rings. The quantitative estimate of drug-likeness (QED) is 0.877. The molecule has 0 bridgehead atoms. The first-order chi connectivity index (χ1) is 9.22. The van der Waals surface area contributed by atoms with Crippen LogP contribution < -0.4 is 10.9 Å². The van der Waals surface area contributed by atoms with Crippen molar-refractivity contribution >= 4 is 0 Å². The molecule has 2 aromatic rings. The molecule has 1 aromatic carbocycles. The Balaban J connectivity index is 1.95. The largest absolute Gasteiger partial charge is 0.312 e. The van der Waals surface area contributed by atoms with Gasteiger partial charge in [0.05, 0.1) is 12.2 Å². The number of hydrogen-bond acceptors (Lipinski definition) is 3. The molecule has 1 N–H and O–H groups in total.